The first-order valence-corrected chi connectivity index (χ1v) is 10.2. The summed E-state index contributed by atoms with van der Waals surface area (Å²) >= 11 is 1.43. The third kappa shape index (κ3) is 2.75. The van der Waals surface area contributed by atoms with Crippen molar-refractivity contribution in [3.63, 3.8) is 0 Å². The minimum atomic E-state index is -0.426. The number of fused-ring (bicyclic) bond motifs is 1. The van der Waals surface area contributed by atoms with Crippen LogP contribution in [0.5, 0.6) is 0 Å². The molecule has 0 amide bonds. The molecule has 8 heteroatoms. The largest absolute Gasteiger partial charge is 0.469 e. The molecule has 1 aliphatic carbocycles. The number of benzene rings is 1. The lowest BCUT2D eigenvalue weighted by Crippen LogP contribution is -2.33. The second-order valence-corrected chi connectivity index (χ2v) is 7.66. The van der Waals surface area contributed by atoms with Crippen LogP contribution in [-0.4, -0.2) is 26.8 Å². The third-order valence-corrected chi connectivity index (χ3v) is 5.75. The number of halogens is 1. The average molecular weight is 396 g/mol. The molecule has 1 N–H and O–H groups in total. The summed E-state index contributed by atoms with van der Waals surface area (Å²) in [6.45, 7) is 0. The molecule has 2 aliphatic rings. The van der Waals surface area contributed by atoms with Crippen LogP contribution in [0, 0.1) is 5.82 Å². The molecule has 3 aromatic rings. The molecular formula is C20H17FN4O2S. The van der Waals surface area contributed by atoms with E-state index in [4.69, 9.17) is 4.42 Å². The Kier molecular flexibility index (Phi) is 4.08. The van der Waals surface area contributed by atoms with Crippen LogP contribution in [0.3, 0.4) is 0 Å². The lowest BCUT2D eigenvalue weighted by atomic mass is 9.79. The van der Waals surface area contributed by atoms with Crippen molar-refractivity contribution >= 4 is 23.5 Å². The number of Topliss-reactive ketones (excluding diaryl/α,β-unsaturated/α-hetero) is 1. The van der Waals surface area contributed by atoms with Crippen molar-refractivity contribution < 1.29 is 13.6 Å². The molecule has 0 fully saturated rings. The number of aromatic nitrogens is 3. The first kappa shape index (κ1) is 17.2. The number of anilines is 1. The molecule has 0 bridgehead atoms. The molecule has 0 spiro atoms. The minimum Gasteiger partial charge on any atom is -0.469 e. The van der Waals surface area contributed by atoms with Gasteiger partial charge in [-0.3, -0.25) is 4.79 Å². The summed E-state index contributed by atoms with van der Waals surface area (Å²) in [5.74, 6) is 1.10. The zero-order valence-electron chi connectivity index (χ0n) is 15.1. The van der Waals surface area contributed by atoms with Crippen LogP contribution in [-0.2, 0) is 4.79 Å². The van der Waals surface area contributed by atoms with E-state index in [2.05, 4.69) is 15.4 Å². The fourth-order valence-electron chi connectivity index (χ4n) is 3.96. The van der Waals surface area contributed by atoms with Crippen LogP contribution < -0.4 is 5.32 Å². The van der Waals surface area contributed by atoms with Gasteiger partial charge in [-0.15, -0.1) is 5.10 Å². The van der Waals surface area contributed by atoms with Crippen LogP contribution >= 0.6 is 11.8 Å². The topological polar surface area (TPSA) is 73.0 Å². The number of rotatable bonds is 3. The fourth-order valence-corrected chi connectivity index (χ4v) is 4.30. The van der Waals surface area contributed by atoms with Gasteiger partial charge in [-0.1, -0.05) is 23.9 Å². The first-order valence-electron chi connectivity index (χ1n) is 8.96. The molecule has 0 saturated carbocycles. The molecule has 0 saturated heterocycles. The number of furan rings is 1. The number of carbonyl (C=O) groups excluding carboxylic acids is 1. The highest BCUT2D eigenvalue weighted by molar-refractivity contribution is 7.98. The maximum absolute atomic E-state index is 13.5. The molecule has 1 aliphatic heterocycles. The molecule has 28 heavy (non-hydrogen) atoms. The van der Waals surface area contributed by atoms with Gasteiger partial charge in [0.1, 0.15) is 17.6 Å². The number of nitrogens with zero attached hydrogens (tertiary/aromatic N) is 3. The average Bonchev–Trinajstić information content (AvgIpc) is 3.36. The maximum Gasteiger partial charge on any atom is 0.227 e. The summed E-state index contributed by atoms with van der Waals surface area (Å²) in [4.78, 5) is 17.7. The number of carbonyl (C=O) groups is 1. The lowest BCUT2D eigenvalue weighted by Gasteiger charge is -2.34. The quantitative estimate of drug-likeness (QED) is 0.671. The smallest absolute Gasteiger partial charge is 0.227 e. The van der Waals surface area contributed by atoms with E-state index in [1.54, 1.807) is 23.1 Å². The van der Waals surface area contributed by atoms with E-state index in [1.165, 1.54) is 23.9 Å². The second-order valence-electron chi connectivity index (χ2n) is 6.88. The molecule has 2 atom stereocenters. The van der Waals surface area contributed by atoms with Gasteiger partial charge < -0.3 is 9.73 Å². The third-order valence-electron chi connectivity index (χ3n) is 5.21. The van der Waals surface area contributed by atoms with Gasteiger partial charge in [-0.25, -0.2) is 9.07 Å². The van der Waals surface area contributed by atoms with Crippen LogP contribution in [0.1, 0.15) is 36.1 Å². The summed E-state index contributed by atoms with van der Waals surface area (Å²) < 4.78 is 20.7. The van der Waals surface area contributed by atoms with Crippen molar-refractivity contribution in [1.29, 1.82) is 0 Å². The van der Waals surface area contributed by atoms with Gasteiger partial charge in [0.25, 0.3) is 0 Å². The number of hydrogen-bond donors (Lipinski definition) is 1. The molecule has 1 aromatic carbocycles. The maximum atomic E-state index is 13.5. The molecule has 3 heterocycles. The van der Waals surface area contributed by atoms with E-state index >= 15 is 0 Å². The Labute approximate surface area is 164 Å². The fraction of sp³-hybridized carbons (Fsp3) is 0.250. The highest BCUT2D eigenvalue weighted by Gasteiger charge is 2.40. The van der Waals surface area contributed by atoms with Gasteiger partial charge in [-0.05, 0) is 42.5 Å². The van der Waals surface area contributed by atoms with Crippen molar-refractivity contribution in [1.82, 2.24) is 14.8 Å². The Hall–Kier alpha value is -2.87. The van der Waals surface area contributed by atoms with E-state index in [0.29, 0.717) is 29.5 Å². The van der Waals surface area contributed by atoms with Gasteiger partial charge in [0.2, 0.25) is 11.1 Å². The Morgan fingerprint density at radius 2 is 2.07 bits per heavy atom. The van der Waals surface area contributed by atoms with Gasteiger partial charge in [0.05, 0.1) is 6.26 Å². The van der Waals surface area contributed by atoms with Crippen molar-refractivity contribution in [3.8, 4) is 0 Å². The summed E-state index contributed by atoms with van der Waals surface area (Å²) in [7, 11) is 0. The van der Waals surface area contributed by atoms with Crippen LogP contribution in [0.2, 0.25) is 0 Å². The van der Waals surface area contributed by atoms with Crippen molar-refractivity contribution in [2.24, 2.45) is 0 Å². The monoisotopic (exact) mass is 396 g/mol. The first-order chi connectivity index (χ1) is 13.6. The Bertz CT molecular complexity index is 1070. The van der Waals surface area contributed by atoms with Gasteiger partial charge >= 0.3 is 0 Å². The van der Waals surface area contributed by atoms with Crippen molar-refractivity contribution in [2.75, 3.05) is 11.6 Å². The van der Waals surface area contributed by atoms with E-state index in [-0.39, 0.29) is 17.5 Å². The SMILES string of the molecule is CSc1nc2n(n1)C(c1ccc(F)cc1)C1=C(CC(c3ccco3)CC1=O)N2. The van der Waals surface area contributed by atoms with E-state index in [1.807, 2.05) is 18.4 Å². The van der Waals surface area contributed by atoms with Gasteiger partial charge in [0, 0.05) is 23.6 Å². The highest BCUT2D eigenvalue weighted by atomic mass is 32.2. The standard InChI is InChI=1S/C20H17FN4O2S/c1-28-20-23-19-22-14-9-12(16-3-2-8-27-16)10-15(26)17(14)18(25(19)24-20)11-4-6-13(21)7-5-11/h2-8,12,18H,9-10H2,1H3,(H,22,23,24). The Morgan fingerprint density at radius 3 is 2.79 bits per heavy atom. The molecule has 0 radical (unpaired) electrons. The number of nitrogens with one attached hydrogen (secondary N) is 1. The van der Waals surface area contributed by atoms with Crippen molar-refractivity contribution in [3.05, 3.63) is 71.1 Å². The summed E-state index contributed by atoms with van der Waals surface area (Å²) in [5, 5.41) is 8.47. The highest BCUT2D eigenvalue weighted by Crippen LogP contribution is 2.44. The Balaban J connectivity index is 1.63. The van der Waals surface area contributed by atoms with Crippen LogP contribution in [0.25, 0.3) is 0 Å². The molecular weight excluding hydrogens is 379 g/mol. The number of thioether (sulfide) groups is 1. The van der Waals surface area contributed by atoms with Crippen LogP contribution in [0.15, 0.2) is 63.5 Å². The van der Waals surface area contributed by atoms with Gasteiger partial charge in [-0.2, -0.15) is 4.98 Å². The predicted octanol–water partition coefficient (Wildman–Crippen LogP) is 4.15. The van der Waals surface area contributed by atoms with Gasteiger partial charge in [0.15, 0.2) is 5.78 Å². The summed E-state index contributed by atoms with van der Waals surface area (Å²) in [6, 6.07) is 9.52. The number of hydrogen-bond acceptors (Lipinski definition) is 6. The Morgan fingerprint density at radius 1 is 1.25 bits per heavy atom. The summed E-state index contributed by atoms with van der Waals surface area (Å²) in [6.07, 6.45) is 4.54. The number of allylic oxidation sites excluding steroid dienone is 2. The lowest BCUT2D eigenvalue weighted by molar-refractivity contribution is -0.117. The molecule has 142 valence electrons. The zero-order valence-corrected chi connectivity index (χ0v) is 15.9. The second kappa shape index (κ2) is 6.63. The molecule has 2 aromatic heterocycles. The number of ketones is 1. The zero-order chi connectivity index (χ0) is 19.3. The summed E-state index contributed by atoms with van der Waals surface area (Å²) in [5.41, 5.74) is 2.30. The van der Waals surface area contributed by atoms with Crippen LogP contribution in [0.4, 0.5) is 10.3 Å². The predicted molar refractivity (Wildman–Crippen MR) is 103 cm³/mol. The molecule has 5 rings (SSSR count). The molecule has 6 nitrogen and oxygen atoms in total. The normalized spacial score (nSPS) is 21.3. The molecule has 2 unspecified atom stereocenters. The minimum absolute atomic E-state index is 0.0166. The van der Waals surface area contributed by atoms with E-state index in [0.717, 1.165) is 17.0 Å². The van der Waals surface area contributed by atoms with E-state index in [9.17, 15) is 9.18 Å². The van der Waals surface area contributed by atoms with Crippen molar-refractivity contribution in [2.45, 2.75) is 30.0 Å². The van der Waals surface area contributed by atoms with E-state index < -0.39 is 6.04 Å².